The minimum Gasteiger partial charge on any atom is -0.478 e. The van der Waals surface area contributed by atoms with Crippen molar-refractivity contribution in [3.8, 4) is 11.3 Å². The van der Waals surface area contributed by atoms with Gasteiger partial charge in [0.25, 0.3) is 0 Å². The second-order valence-corrected chi connectivity index (χ2v) is 9.96. The van der Waals surface area contributed by atoms with Crippen LogP contribution < -0.4 is 16.0 Å². The van der Waals surface area contributed by atoms with Crippen LogP contribution >= 0.6 is 0 Å². The average molecular weight is 520 g/mol. The maximum absolute atomic E-state index is 12.0. The first-order chi connectivity index (χ1) is 18.4. The van der Waals surface area contributed by atoms with Gasteiger partial charge < -0.3 is 26.2 Å². The van der Waals surface area contributed by atoms with Crippen LogP contribution in [0, 0.1) is 0 Å². The molecule has 1 aliphatic carbocycles. The summed E-state index contributed by atoms with van der Waals surface area (Å²) < 4.78 is 1.97. The number of urea groups is 1. The molecule has 1 fully saturated rings. The number of anilines is 1. The molecule has 38 heavy (non-hydrogen) atoms. The van der Waals surface area contributed by atoms with Gasteiger partial charge in [0.1, 0.15) is 5.69 Å². The Balaban J connectivity index is 1.51. The number of carbonyl (C=O) groups excluding carboxylic acids is 1. The van der Waals surface area contributed by atoms with Crippen molar-refractivity contribution in [3.05, 3.63) is 47.3 Å². The molecule has 11 heteroatoms. The van der Waals surface area contributed by atoms with Crippen LogP contribution in [0.3, 0.4) is 0 Å². The Kier molecular flexibility index (Phi) is 7.28. The van der Waals surface area contributed by atoms with E-state index in [0.29, 0.717) is 17.2 Å². The molecule has 1 saturated carbocycles. The molecule has 0 saturated heterocycles. The van der Waals surface area contributed by atoms with E-state index in [1.165, 1.54) is 0 Å². The van der Waals surface area contributed by atoms with Gasteiger partial charge in [-0.2, -0.15) is 10.1 Å². The number of amides is 2. The van der Waals surface area contributed by atoms with Crippen LogP contribution in [0.2, 0.25) is 0 Å². The maximum atomic E-state index is 12.0. The SMILES string of the molecule is CCCCNc1ncc2c(-c3ccc(C4NC(=O)NC(C)=C4C(=O)O)cc3)nn([C@H]3CC[C@H](O)CC3)c2n1. The summed E-state index contributed by atoms with van der Waals surface area (Å²) in [6, 6.07) is 6.30. The van der Waals surface area contributed by atoms with Gasteiger partial charge in [0.2, 0.25) is 5.95 Å². The number of allylic oxidation sites excluding steroid dienone is 1. The van der Waals surface area contributed by atoms with Crippen LogP contribution in [0.5, 0.6) is 0 Å². The van der Waals surface area contributed by atoms with E-state index in [1.807, 2.05) is 28.9 Å². The fourth-order valence-corrected chi connectivity index (χ4v) is 5.22. The van der Waals surface area contributed by atoms with Crippen molar-refractivity contribution in [2.24, 2.45) is 0 Å². The van der Waals surface area contributed by atoms with Crippen LogP contribution in [0.4, 0.5) is 10.7 Å². The van der Waals surface area contributed by atoms with Crippen molar-refractivity contribution < 1.29 is 19.8 Å². The third-order valence-corrected chi connectivity index (χ3v) is 7.29. The largest absolute Gasteiger partial charge is 0.478 e. The number of hydrogen-bond acceptors (Lipinski definition) is 7. The Morgan fingerprint density at radius 1 is 1.18 bits per heavy atom. The molecule has 1 aliphatic heterocycles. The molecule has 5 N–H and O–H groups in total. The Morgan fingerprint density at radius 3 is 2.61 bits per heavy atom. The van der Waals surface area contributed by atoms with Crippen molar-refractivity contribution >= 4 is 29.0 Å². The molecule has 11 nitrogen and oxygen atoms in total. The quantitative estimate of drug-likeness (QED) is 0.281. The molecule has 0 spiro atoms. The molecule has 2 aromatic heterocycles. The highest BCUT2D eigenvalue weighted by atomic mass is 16.4. The van der Waals surface area contributed by atoms with Crippen molar-refractivity contribution in [1.82, 2.24) is 30.4 Å². The minimum absolute atomic E-state index is 0.100. The van der Waals surface area contributed by atoms with Gasteiger partial charge in [-0.05, 0) is 44.6 Å². The summed E-state index contributed by atoms with van der Waals surface area (Å²) in [6.45, 7) is 4.51. The number of benzene rings is 1. The van der Waals surface area contributed by atoms with Gasteiger partial charge in [0.15, 0.2) is 5.65 Å². The van der Waals surface area contributed by atoms with Gasteiger partial charge in [0.05, 0.1) is 29.1 Å². The van der Waals surface area contributed by atoms with Gasteiger partial charge >= 0.3 is 12.0 Å². The molecular weight excluding hydrogens is 486 g/mol. The van der Waals surface area contributed by atoms with Crippen LogP contribution in [0.25, 0.3) is 22.3 Å². The number of rotatable bonds is 8. The molecular formula is C27H33N7O4. The highest BCUT2D eigenvalue weighted by Gasteiger charge is 2.31. The third-order valence-electron chi connectivity index (χ3n) is 7.29. The fraction of sp³-hybridized carbons (Fsp3) is 0.444. The lowest BCUT2D eigenvalue weighted by molar-refractivity contribution is -0.133. The fourth-order valence-electron chi connectivity index (χ4n) is 5.22. The van der Waals surface area contributed by atoms with Crippen molar-refractivity contribution in [3.63, 3.8) is 0 Å². The Morgan fingerprint density at radius 2 is 1.92 bits per heavy atom. The highest BCUT2D eigenvalue weighted by Crippen LogP contribution is 2.35. The van der Waals surface area contributed by atoms with Gasteiger partial charge in [-0.25, -0.2) is 19.3 Å². The van der Waals surface area contributed by atoms with Crippen molar-refractivity contribution in [2.45, 2.75) is 70.6 Å². The summed E-state index contributed by atoms with van der Waals surface area (Å²) in [5.74, 6) is -0.526. The molecule has 2 aliphatic rings. The number of hydrogen-bond donors (Lipinski definition) is 5. The average Bonchev–Trinajstić information content (AvgIpc) is 3.27. The number of aromatic nitrogens is 4. The predicted molar refractivity (Wildman–Crippen MR) is 142 cm³/mol. The first kappa shape index (κ1) is 25.7. The number of carbonyl (C=O) groups is 2. The molecule has 3 heterocycles. The number of unbranched alkanes of at least 4 members (excludes halogenated alkanes) is 1. The van der Waals surface area contributed by atoms with E-state index in [0.717, 1.165) is 67.4 Å². The molecule has 2 amide bonds. The monoisotopic (exact) mass is 519 g/mol. The highest BCUT2D eigenvalue weighted by molar-refractivity contribution is 5.94. The molecule has 1 aromatic carbocycles. The van der Waals surface area contributed by atoms with E-state index < -0.39 is 18.0 Å². The lowest BCUT2D eigenvalue weighted by atomic mass is 9.93. The van der Waals surface area contributed by atoms with Gasteiger partial charge in [-0.3, -0.25) is 0 Å². The predicted octanol–water partition coefficient (Wildman–Crippen LogP) is 3.89. The van der Waals surface area contributed by atoms with Crippen molar-refractivity contribution in [1.29, 1.82) is 0 Å². The molecule has 1 atom stereocenters. The summed E-state index contributed by atoms with van der Waals surface area (Å²) in [5, 5.41) is 34.1. The smallest absolute Gasteiger partial charge is 0.335 e. The minimum atomic E-state index is -1.09. The van der Waals surface area contributed by atoms with E-state index in [4.69, 9.17) is 10.1 Å². The number of aliphatic hydroxyl groups is 1. The number of fused-ring (bicyclic) bond motifs is 1. The number of nitrogens with zero attached hydrogens (tertiary/aromatic N) is 4. The van der Waals surface area contributed by atoms with Crippen LogP contribution in [-0.2, 0) is 4.79 Å². The standard InChI is InChI=1S/C27H33N7O4/c1-3-4-13-28-26-29-14-20-22(33-34(24(20)32-26)18-9-11-19(35)12-10-18)16-5-7-17(8-6-16)23-21(25(36)37)15(2)30-27(38)31-23/h5-8,14,18-19,23,35H,3-4,9-13H2,1-2H3,(H,36,37)(H,28,29,32)(H2,30,31,38)/t18-,19-,23?. The molecule has 0 bridgehead atoms. The number of aliphatic carboxylic acids is 1. The zero-order valence-electron chi connectivity index (χ0n) is 21.6. The molecule has 1 unspecified atom stereocenters. The van der Waals surface area contributed by atoms with Gasteiger partial charge in [-0.1, -0.05) is 37.6 Å². The number of nitrogens with one attached hydrogen (secondary N) is 3. The van der Waals surface area contributed by atoms with E-state index in [-0.39, 0.29) is 17.7 Å². The van der Waals surface area contributed by atoms with Crippen molar-refractivity contribution in [2.75, 3.05) is 11.9 Å². The lowest BCUT2D eigenvalue weighted by Gasteiger charge is -2.27. The Bertz CT molecular complexity index is 1370. The third kappa shape index (κ3) is 5.06. The number of carboxylic acids is 1. The molecule has 5 rings (SSSR count). The van der Waals surface area contributed by atoms with E-state index in [1.54, 1.807) is 13.1 Å². The molecule has 3 aromatic rings. The summed E-state index contributed by atoms with van der Waals surface area (Å²) in [6.07, 6.45) is 6.70. The van der Waals surface area contributed by atoms with E-state index in [9.17, 15) is 19.8 Å². The van der Waals surface area contributed by atoms with Gasteiger partial charge in [-0.15, -0.1) is 0 Å². The topological polar surface area (TPSA) is 154 Å². The Hall–Kier alpha value is -3.99. The summed E-state index contributed by atoms with van der Waals surface area (Å²) >= 11 is 0. The summed E-state index contributed by atoms with van der Waals surface area (Å²) in [5.41, 5.74) is 3.39. The Labute approximate surface area is 220 Å². The second-order valence-electron chi connectivity index (χ2n) is 9.96. The van der Waals surface area contributed by atoms with Crippen LogP contribution in [-0.4, -0.2) is 54.6 Å². The summed E-state index contributed by atoms with van der Waals surface area (Å²) in [4.78, 5) is 33.3. The first-order valence-corrected chi connectivity index (χ1v) is 13.1. The van der Waals surface area contributed by atoms with Crippen LogP contribution in [0.1, 0.15) is 70.0 Å². The lowest BCUT2D eigenvalue weighted by Crippen LogP contribution is -2.45. The second kappa shape index (κ2) is 10.8. The zero-order valence-corrected chi connectivity index (χ0v) is 21.6. The van der Waals surface area contributed by atoms with Gasteiger partial charge in [0, 0.05) is 24.0 Å². The van der Waals surface area contributed by atoms with E-state index >= 15 is 0 Å². The normalized spacial score (nSPS) is 21.8. The van der Waals surface area contributed by atoms with E-state index in [2.05, 4.69) is 27.9 Å². The van der Waals surface area contributed by atoms with Crippen LogP contribution in [0.15, 0.2) is 41.7 Å². The zero-order chi connectivity index (χ0) is 26.8. The maximum Gasteiger partial charge on any atom is 0.335 e. The number of carboxylic acid groups (broad SMARTS) is 1. The molecule has 200 valence electrons. The summed E-state index contributed by atoms with van der Waals surface area (Å²) in [7, 11) is 0. The first-order valence-electron chi connectivity index (χ1n) is 13.1. The molecule has 0 radical (unpaired) electrons. The number of aliphatic hydroxyl groups excluding tert-OH is 1.